The number of nitrogens with zero attached hydrogens (tertiary/aromatic N) is 5. The fourth-order valence-electron chi connectivity index (χ4n) is 10.3. The molecular weight excluding hydrogens is 759 g/mol. The predicted octanol–water partition coefficient (Wildman–Crippen LogP) is 15.5. The van der Waals surface area contributed by atoms with Gasteiger partial charge in [0.25, 0.3) is 0 Å². The van der Waals surface area contributed by atoms with Gasteiger partial charge in [-0.05, 0) is 88.7 Å². The summed E-state index contributed by atoms with van der Waals surface area (Å²) < 4.78 is 11.8. The molecule has 0 saturated heterocycles. The topological polar surface area (TPSA) is 47.1 Å². The quantitative estimate of drug-likeness (QED) is 0.166. The minimum Gasteiger partial charge on any atom is -0.453 e. The van der Waals surface area contributed by atoms with E-state index in [2.05, 4.69) is 200 Å². The van der Waals surface area contributed by atoms with Crippen LogP contribution < -0.4 is 9.64 Å². The number of ether oxygens (including phenoxy) is 1. The Morgan fingerprint density at radius 3 is 1.16 bits per heavy atom. The zero-order valence-corrected chi connectivity index (χ0v) is 38.0. The molecule has 0 N–H and O–H groups in total. The first kappa shape index (κ1) is 37.4. The van der Waals surface area contributed by atoms with Crippen LogP contribution >= 0.6 is 0 Å². The predicted molar refractivity (Wildman–Crippen MR) is 261 cm³/mol. The summed E-state index contributed by atoms with van der Waals surface area (Å²) in [6, 6.07) is 34.1. The van der Waals surface area contributed by atoms with E-state index in [1.165, 1.54) is 65.3 Å². The molecule has 0 amide bonds. The number of anilines is 3. The third-order valence-corrected chi connectivity index (χ3v) is 13.7. The highest BCUT2D eigenvalue weighted by Gasteiger charge is 2.35. The van der Waals surface area contributed by atoms with E-state index in [0.29, 0.717) is 0 Å². The zero-order chi connectivity index (χ0) is 43.2. The Kier molecular flexibility index (Phi) is 7.08. The molecule has 12 rings (SSSR count). The maximum Gasteiger partial charge on any atom is 0.151 e. The third kappa shape index (κ3) is 4.92. The van der Waals surface area contributed by atoms with E-state index in [1.807, 2.05) is 0 Å². The number of rotatable bonds is 1. The fourth-order valence-corrected chi connectivity index (χ4v) is 10.3. The van der Waals surface area contributed by atoms with Crippen molar-refractivity contribution in [2.45, 2.75) is 105 Å². The third-order valence-electron chi connectivity index (χ3n) is 13.7. The molecule has 11 aromatic rings. The number of aromatic nitrogens is 4. The van der Waals surface area contributed by atoms with Crippen molar-refractivity contribution in [2.75, 3.05) is 4.90 Å². The first-order valence-corrected chi connectivity index (χ1v) is 22.2. The number of pyridine rings is 2. The summed E-state index contributed by atoms with van der Waals surface area (Å²) in [5, 5.41) is 9.98. The average molecular weight is 812 g/mol. The Bertz CT molecular complexity index is 3470. The molecule has 0 radical (unpaired) electrons. The van der Waals surface area contributed by atoms with Crippen LogP contribution in [0.4, 0.5) is 17.1 Å². The Labute approximate surface area is 362 Å². The van der Waals surface area contributed by atoms with E-state index in [1.54, 1.807) is 0 Å². The molecule has 1 aliphatic rings. The Morgan fingerprint density at radius 2 is 0.774 bits per heavy atom. The van der Waals surface area contributed by atoms with Gasteiger partial charge in [-0.15, -0.1) is 0 Å². The van der Waals surface area contributed by atoms with Gasteiger partial charge in [0.1, 0.15) is 0 Å². The molecule has 6 nitrogen and oxygen atoms in total. The van der Waals surface area contributed by atoms with Crippen LogP contribution in [0, 0.1) is 0 Å². The molecule has 0 unspecified atom stereocenters. The van der Waals surface area contributed by atoms with E-state index in [4.69, 9.17) is 14.7 Å². The monoisotopic (exact) mass is 811 g/mol. The van der Waals surface area contributed by atoms with E-state index in [-0.39, 0.29) is 21.7 Å². The van der Waals surface area contributed by atoms with Crippen LogP contribution in [-0.4, -0.2) is 18.8 Å². The average Bonchev–Trinajstić information content (AvgIpc) is 3.93. The van der Waals surface area contributed by atoms with Crippen LogP contribution in [0.25, 0.3) is 76.2 Å². The molecule has 62 heavy (non-hydrogen) atoms. The molecule has 5 aromatic carbocycles. The van der Waals surface area contributed by atoms with Gasteiger partial charge >= 0.3 is 0 Å². The Morgan fingerprint density at radius 1 is 0.403 bits per heavy atom. The highest BCUT2D eigenvalue weighted by atomic mass is 16.5. The standard InChI is InChI=1S/C56H53N5O/c1-53(2,3)30-21-34-32-26-46(55(7,8)9)57-28-42(32)60-48(34)36(23-30)38-25-39-37-24-31(54(4,5)6)22-35-33-27-47(56(10,11)12)58-29-43(33)61(49(35)37)51(39)52(50(38)60)59-40-17-13-15-19-44(40)62-45-20-16-14-18-41(45)59/h13-29H,1-12H3. The summed E-state index contributed by atoms with van der Waals surface area (Å²) in [4.78, 5) is 12.9. The van der Waals surface area contributed by atoms with Gasteiger partial charge in [-0.1, -0.05) is 107 Å². The van der Waals surface area contributed by atoms with E-state index in [0.717, 1.165) is 62.0 Å². The molecule has 6 heteroatoms. The lowest BCUT2D eigenvalue weighted by Gasteiger charge is -2.33. The minimum absolute atomic E-state index is 0.0766. The first-order chi connectivity index (χ1) is 29.3. The van der Waals surface area contributed by atoms with Gasteiger partial charge < -0.3 is 13.5 Å². The molecule has 0 atom stereocenters. The van der Waals surface area contributed by atoms with Crippen LogP contribution in [0.15, 0.2) is 103 Å². The molecule has 7 heterocycles. The fraction of sp³-hybridized carbons (Fsp3) is 0.286. The summed E-state index contributed by atoms with van der Waals surface area (Å²) in [6.45, 7) is 27.5. The molecule has 308 valence electrons. The lowest BCUT2D eigenvalue weighted by molar-refractivity contribution is 0.477. The van der Waals surface area contributed by atoms with Crippen molar-refractivity contribution in [3.05, 3.63) is 126 Å². The largest absolute Gasteiger partial charge is 0.453 e. The smallest absolute Gasteiger partial charge is 0.151 e. The molecule has 6 aromatic heterocycles. The van der Waals surface area contributed by atoms with Crippen LogP contribution in [0.3, 0.4) is 0 Å². The normalized spacial score (nSPS) is 14.2. The van der Waals surface area contributed by atoms with Crippen LogP contribution in [-0.2, 0) is 21.7 Å². The number of hydrogen-bond acceptors (Lipinski definition) is 4. The highest BCUT2D eigenvalue weighted by molar-refractivity contribution is 6.33. The summed E-state index contributed by atoms with van der Waals surface area (Å²) in [7, 11) is 0. The molecule has 0 fully saturated rings. The van der Waals surface area contributed by atoms with Crippen molar-refractivity contribution in [3.63, 3.8) is 0 Å². The molecule has 1 aliphatic heterocycles. The molecule has 0 saturated carbocycles. The van der Waals surface area contributed by atoms with Gasteiger partial charge in [0.05, 0.1) is 62.6 Å². The lowest BCUT2D eigenvalue weighted by Crippen LogP contribution is -2.17. The van der Waals surface area contributed by atoms with E-state index < -0.39 is 0 Å². The second-order valence-corrected chi connectivity index (χ2v) is 22.1. The maximum absolute atomic E-state index is 6.74. The summed E-state index contributed by atoms with van der Waals surface area (Å²) in [5.41, 5.74) is 14.6. The molecule has 0 spiro atoms. The summed E-state index contributed by atoms with van der Waals surface area (Å²) in [6.07, 6.45) is 4.27. The van der Waals surface area contributed by atoms with Crippen molar-refractivity contribution < 1.29 is 4.74 Å². The lowest BCUT2D eigenvalue weighted by atomic mass is 9.84. The van der Waals surface area contributed by atoms with Crippen molar-refractivity contribution >= 4 is 93.3 Å². The Hall–Kier alpha value is -6.40. The van der Waals surface area contributed by atoms with Gasteiger partial charge in [-0.2, -0.15) is 0 Å². The number of hydrogen-bond donors (Lipinski definition) is 0. The van der Waals surface area contributed by atoms with Gasteiger partial charge in [-0.25, -0.2) is 0 Å². The first-order valence-electron chi connectivity index (χ1n) is 22.2. The molecule has 0 aliphatic carbocycles. The van der Waals surface area contributed by atoms with Crippen LogP contribution in [0.5, 0.6) is 11.5 Å². The van der Waals surface area contributed by atoms with Gasteiger partial charge in [-0.3, -0.25) is 14.9 Å². The number of fused-ring (bicyclic) bond motifs is 14. The van der Waals surface area contributed by atoms with Gasteiger partial charge in [0, 0.05) is 65.3 Å². The van der Waals surface area contributed by atoms with Crippen LogP contribution in [0.1, 0.15) is 106 Å². The van der Waals surface area contributed by atoms with E-state index >= 15 is 0 Å². The number of benzene rings is 5. The SMILES string of the molecule is CC(C)(C)c1cc2c3cc(C(C)(C)C)ncc3n3c4c(N5c6ccccc6Oc6ccccc65)c5c(cc4c(c1)c23)c1cc(C(C)(C)C)cc2c3cc(C(C)(C)C)ncc3n5c21. The van der Waals surface area contributed by atoms with Crippen molar-refractivity contribution in [1.29, 1.82) is 0 Å². The second-order valence-electron chi connectivity index (χ2n) is 22.1. The molecular formula is C56H53N5O. The molecule has 0 bridgehead atoms. The minimum atomic E-state index is -0.109. The van der Waals surface area contributed by atoms with Gasteiger partial charge in [0.15, 0.2) is 11.5 Å². The summed E-state index contributed by atoms with van der Waals surface area (Å²) in [5.74, 6) is 1.65. The van der Waals surface area contributed by atoms with Crippen molar-refractivity contribution in [3.8, 4) is 11.5 Å². The highest BCUT2D eigenvalue weighted by Crippen LogP contribution is 2.57. The maximum atomic E-state index is 6.74. The summed E-state index contributed by atoms with van der Waals surface area (Å²) >= 11 is 0. The van der Waals surface area contributed by atoms with E-state index in [9.17, 15) is 0 Å². The van der Waals surface area contributed by atoms with Crippen molar-refractivity contribution in [1.82, 2.24) is 18.8 Å². The van der Waals surface area contributed by atoms with Gasteiger partial charge in [0.2, 0.25) is 0 Å². The number of para-hydroxylation sites is 4. The second kappa shape index (κ2) is 11.7. The van der Waals surface area contributed by atoms with Crippen LogP contribution in [0.2, 0.25) is 0 Å². The van der Waals surface area contributed by atoms with Crippen molar-refractivity contribution in [2.24, 2.45) is 0 Å². The Balaban J connectivity index is 1.40. The zero-order valence-electron chi connectivity index (χ0n) is 38.0.